The molecule has 2 rings (SSSR count). The van der Waals surface area contributed by atoms with E-state index in [-0.39, 0.29) is 28.7 Å². The van der Waals surface area contributed by atoms with Crippen molar-refractivity contribution in [3.8, 4) is 11.8 Å². The zero-order valence-corrected chi connectivity index (χ0v) is 23.3. The summed E-state index contributed by atoms with van der Waals surface area (Å²) >= 11 is 6.32. The summed E-state index contributed by atoms with van der Waals surface area (Å²) in [6.07, 6.45) is -0.581. The van der Waals surface area contributed by atoms with Crippen LogP contribution in [0.5, 0.6) is 5.75 Å². The van der Waals surface area contributed by atoms with Gasteiger partial charge in [0.2, 0.25) is 5.91 Å². The van der Waals surface area contributed by atoms with Gasteiger partial charge in [0, 0.05) is 5.56 Å². The fourth-order valence-corrected chi connectivity index (χ4v) is 4.14. The first-order chi connectivity index (χ1) is 17.7. The summed E-state index contributed by atoms with van der Waals surface area (Å²) < 4.78 is 5.34. The number of carbonyl (C=O) groups excluding carboxylic acids is 3. The predicted octanol–water partition coefficient (Wildman–Crippen LogP) is 5.33. The van der Waals surface area contributed by atoms with Gasteiger partial charge in [-0.15, -0.1) is 0 Å². The Balaban J connectivity index is 2.56. The minimum Gasteiger partial charge on any atom is -0.508 e. The molecule has 204 valence electrons. The highest BCUT2D eigenvalue weighted by Gasteiger charge is 2.38. The number of para-hydroxylation sites is 2. The minimum atomic E-state index is -1.41. The number of phenols is 1. The van der Waals surface area contributed by atoms with Crippen LogP contribution in [0.2, 0.25) is 5.02 Å². The minimum absolute atomic E-state index is 0.0222. The standard InChI is InChI=1S/C28H35ClN4O5/c1-17(2)16-21(31-27(37)38-28(4,5)6)26(36)33(15-14-30)24(19-11-7-8-13-22(19)34)25(35)32-23-18(3)10-9-12-20(23)29/h7-13,17,21,24,34H,15-16H2,1-6H3,(H,31,37)(H,32,35). The second kappa shape index (κ2) is 13.2. The monoisotopic (exact) mass is 542 g/mol. The Morgan fingerprint density at radius 2 is 1.79 bits per heavy atom. The average molecular weight is 543 g/mol. The van der Waals surface area contributed by atoms with Crippen LogP contribution in [-0.4, -0.2) is 46.1 Å². The third kappa shape index (κ3) is 8.38. The average Bonchev–Trinajstić information content (AvgIpc) is 2.80. The number of nitrogens with zero attached hydrogens (tertiary/aromatic N) is 2. The first-order valence-electron chi connectivity index (χ1n) is 12.3. The lowest BCUT2D eigenvalue weighted by atomic mass is 9.98. The number of benzene rings is 2. The van der Waals surface area contributed by atoms with E-state index in [1.54, 1.807) is 58.0 Å². The van der Waals surface area contributed by atoms with Crippen LogP contribution in [-0.2, 0) is 14.3 Å². The second-order valence-corrected chi connectivity index (χ2v) is 10.7. The van der Waals surface area contributed by atoms with Crippen molar-refractivity contribution in [2.45, 2.75) is 65.6 Å². The molecule has 2 aromatic carbocycles. The first-order valence-corrected chi connectivity index (χ1v) is 12.6. The topological polar surface area (TPSA) is 132 Å². The number of nitriles is 1. The van der Waals surface area contributed by atoms with Crippen molar-refractivity contribution in [3.63, 3.8) is 0 Å². The Hall–Kier alpha value is -3.77. The molecule has 0 heterocycles. The summed E-state index contributed by atoms with van der Waals surface area (Å²) in [7, 11) is 0. The number of amides is 3. The Morgan fingerprint density at radius 1 is 1.13 bits per heavy atom. The van der Waals surface area contributed by atoms with Gasteiger partial charge in [-0.25, -0.2) is 4.79 Å². The van der Waals surface area contributed by atoms with Crippen molar-refractivity contribution in [3.05, 3.63) is 58.6 Å². The molecule has 38 heavy (non-hydrogen) atoms. The van der Waals surface area contributed by atoms with Crippen molar-refractivity contribution < 1.29 is 24.2 Å². The van der Waals surface area contributed by atoms with Gasteiger partial charge in [-0.3, -0.25) is 9.59 Å². The Bertz CT molecular complexity index is 1180. The van der Waals surface area contributed by atoms with Gasteiger partial charge in [0.1, 0.15) is 30.0 Å². The molecule has 10 heteroatoms. The molecule has 0 saturated carbocycles. The predicted molar refractivity (Wildman–Crippen MR) is 146 cm³/mol. The van der Waals surface area contributed by atoms with Gasteiger partial charge in [-0.1, -0.05) is 55.8 Å². The zero-order valence-electron chi connectivity index (χ0n) is 22.5. The fourth-order valence-electron chi connectivity index (χ4n) is 3.87. The normalized spacial score (nSPS) is 12.7. The van der Waals surface area contributed by atoms with Crippen molar-refractivity contribution >= 4 is 35.2 Å². The molecule has 2 unspecified atom stereocenters. The van der Waals surface area contributed by atoms with E-state index in [4.69, 9.17) is 16.3 Å². The van der Waals surface area contributed by atoms with Gasteiger partial charge in [-0.05, 0) is 57.7 Å². The van der Waals surface area contributed by atoms with Crippen LogP contribution < -0.4 is 10.6 Å². The van der Waals surface area contributed by atoms with Crippen molar-refractivity contribution in [2.24, 2.45) is 5.92 Å². The summed E-state index contributed by atoms with van der Waals surface area (Å²) in [6, 6.07) is 10.6. The molecular weight excluding hydrogens is 508 g/mol. The molecule has 0 aliphatic rings. The molecule has 0 aromatic heterocycles. The SMILES string of the molecule is Cc1cccc(Cl)c1NC(=O)C(c1ccccc1O)N(CC#N)C(=O)C(CC(C)C)NC(=O)OC(C)(C)C. The van der Waals surface area contributed by atoms with Gasteiger partial charge in [0.15, 0.2) is 0 Å². The lowest BCUT2D eigenvalue weighted by molar-refractivity contribution is -0.140. The molecule has 2 atom stereocenters. The van der Waals surface area contributed by atoms with Gasteiger partial charge in [0.05, 0.1) is 16.8 Å². The number of hydrogen-bond donors (Lipinski definition) is 3. The highest BCUT2D eigenvalue weighted by Crippen LogP contribution is 2.33. The fraction of sp³-hybridized carbons (Fsp3) is 0.429. The number of alkyl carbamates (subject to hydrolysis) is 1. The second-order valence-electron chi connectivity index (χ2n) is 10.3. The molecule has 9 nitrogen and oxygen atoms in total. The number of aromatic hydroxyl groups is 1. The number of aryl methyl sites for hydroxylation is 1. The number of nitrogens with one attached hydrogen (secondary N) is 2. The van der Waals surface area contributed by atoms with E-state index in [0.29, 0.717) is 11.3 Å². The molecule has 0 radical (unpaired) electrons. The molecule has 0 saturated heterocycles. The van der Waals surface area contributed by atoms with Crippen LogP contribution >= 0.6 is 11.6 Å². The lowest BCUT2D eigenvalue weighted by Gasteiger charge is -2.33. The molecule has 2 aromatic rings. The number of rotatable bonds is 9. The number of anilines is 1. The molecule has 0 aliphatic carbocycles. The molecule has 3 amide bonds. The van der Waals surface area contributed by atoms with E-state index in [9.17, 15) is 24.8 Å². The molecule has 0 bridgehead atoms. The summed E-state index contributed by atoms with van der Waals surface area (Å²) in [6.45, 7) is 10.1. The van der Waals surface area contributed by atoms with Crippen molar-refractivity contribution in [2.75, 3.05) is 11.9 Å². The van der Waals surface area contributed by atoms with Gasteiger partial charge < -0.3 is 25.4 Å². The van der Waals surface area contributed by atoms with E-state index in [1.807, 2.05) is 19.9 Å². The molecular formula is C28H35ClN4O5. The van der Waals surface area contributed by atoms with Crippen molar-refractivity contribution in [1.29, 1.82) is 5.26 Å². The molecule has 0 aliphatic heterocycles. The van der Waals surface area contributed by atoms with E-state index < -0.39 is 42.1 Å². The number of hydrogen-bond acceptors (Lipinski definition) is 6. The highest BCUT2D eigenvalue weighted by atomic mass is 35.5. The van der Waals surface area contributed by atoms with E-state index in [1.165, 1.54) is 12.1 Å². The molecule has 0 fully saturated rings. The van der Waals surface area contributed by atoms with Crippen molar-refractivity contribution in [1.82, 2.24) is 10.2 Å². The largest absolute Gasteiger partial charge is 0.508 e. The summed E-state index contributed by atoms with van der Waals surface area (Å²) in [4.78, 5) is 41.3. The van der Waals surface area contributed by atoms with E-state index in [0.717, 1.165) is 4.90 Å². The quantitative estimate of drug-likeness (QED) is 0.367. The first kappa shape index (κ1) is 30.5. The maximum atomic E-state index is 13.9. The number of carbonyl (C=O) groups is 3. The maximum Gasteiger partial charge on any atom is 0.408 e. The van der Waals surface area contributed by atoms with E-state index in [2.05, 4.69) is 10.6 Å². The van der Waals surface area contributed by atoms with Crippen LogP contribution in [0.3, 0.4) is 0 Å². The Kier molecular flexibility index (Phi) is 10.5. The summed E-state index contributed by atoms with van der Waals surface area (Å²) in [5, 5.41) is 25.9. The van der Waals surface area contributed by atoms with Gasteiger partial charge in [-0.2, -0.15) is 5.26 Å². The van der Waals surface area contributed by atoms with Crippen LogP contribution in [0.1, 0.15) is 58.2 Å². The zero-order chi connectivity index (χ0) is 28.6. The van der Waals surface area contributed by atoms with E-state index >= 15 is 0 Å². The van der Waals surface area contributed by atoms with Crippen LogP contribution in [0.25, 0.3) is 0 Å². The van der Waals surface area contributed by atoms with Crippen LogP contribution in [0.15, 0.2) is 42.5 Å². The highest BCUT2D eigenvalue weighted by molar-refractivity contribution is 6.34. The summed E-state index contributed by atoms with van der Waals surface area (Å²) in [5.74, 6) is -1.62. The Labute approximate surface area is 228 Å². The van der Waals surface area contributed by atoms with Gasteiger partial charge >= 0.3 is 6.09 Å². The lowest BCUT2D eigenvalue weighted by Crippen LogP contribution is -2.53. The summed E-state index contributed by atoms with van der Waals surface area (Å²) in [5.41, 5.74) is 0.338. The van der Waals surface area contributed by atoms with Crippen LogP contribution in [0.4, 0.5) is 10.5 Å². The smallest absolute Gasteiger partial charge is 0.408 e. The number of phenolic OH excluding ortho intramolecular Hbond substituents is 1. The molecule has 0 spiro atoms. The third-order valence-corrected chi connectivity index (χ3v) is 5.80. The maximum absolute atomic E-state index is 13.9. The molecule has 3 N–H and O–H groups in total. The number of halogens is 1. The number of ether oxygens (including phenoxy) is 1. The third-order valence-electron chi connectivity index (χ3n) is 5.48. The van der Waals surface area contributed by atoms with Crippen LogP contribution in [0, 0.1) is 24.2 Å². The Morgan fingerprint density at radius 3 is 2.34 bits per heavy atom. The van der Waals surface area contributed by atoms with Gasteiger partial charge in [0.25, 0.3) is 5.91 Å².